The van der Waals surface area contributed by atoms with E-state index in [-0.39, 0.29) is 0 Å². The van der Waals surface area contributed by atoms with Crippen LogP contribution in [0, 0.1) is 12.3 Å². The van der Waals surface area contributed by atoms with Crippen molar-refractivity contribution in [3.8, 4) is 12.3 Å². The maximum absolute atomic E-state index is 10.2. The SMILES string of the molecule is C#CCOS(=O)(=O)N=C=O. The quantitative estimate of drug-likeness (QED) is 0.309. The Bertz CT molecular complexity index is 279. The van der Waals surface area contributed by atoms with Crippen LogP contribution < -0.4 is 0 Å². The molecule has 0 aromatic heterocycles. The Balaban J connectivity index is 4.19. The fraction of sp³-hybridized carbons (Fsp3) is 0.250. The van der Waals surface area contributed by atoms with Crippen molar-refractivity contribution in [1.82, 2.24) is 0 Å². The summed E-state index contributed by atoms with van der Waals surface area (Å²) in [6, 6.07) is 0. The number of hydrogen-bond donors (Lipinski definition) is 0. The van der Waals surface area contributed by atoms with E-state index < -0.39 is 16.9 Å². The molecule has 0 aromatic carbocycles. The molecule has 54 valence electrons. The summed E-state index contributed by atoms with van der Waals surface area (Å²) in [6.07, 6.45) is 5.46. The Morgan fingerprint density at radius 1 is 1.60 bits per heavy atom. The molecule has 0 aliphatic rings. The molecule has 10 heavy (non-hydrogen) atoms. The van der Waals surface area contributed by atoms with Gasteiger partial charge in [0.15, 0.2) is 0 Å². The van der Waals surface area contributed by atoms with Gasteiger partial charge in [0.1, 0.15) is 6.61 Å². The lowest BCUT2D eigenvalue weighted by atomic mass is 10.8. The molecular weight excluding hydrogens is 158 g/mol. The van der Waals surface area contributed by atoms with Crippen LogP contribution in [0.2, 0.25) is 0 Å². The lowest BCUT2D eigenvalue weighted by Crippen LogP contribution is -2.01. The molecule has 0 aliphatic heterocycles. The second-order valence-corrected chi connectivity index (χ2v) is 2.35. The normalized spacial score (nSPS) is 9.50. The van der Waals surface area contributed by atoms with Crippen LogP contribution in [0.3, 0.4) is 0 Å². The average Bonchev–Trinajstić information content (AvgIpc) is 1.84. The molecule has 6 heteroatoms. The van der Waals surface area contributed by atoms with Crippen LogP contribution in [0.25, 0.3) is 0 Å². The topological polar surface area (TPSA) is 72.8 Å². The van der Waals surface area contributed by atoms with Gasteiger partial charge >= 0.3 is 10.3 Å². The van der Waals surface area contributed by atoms with Crippen LogP contribution in [0.5, 0.6) is 0 Å². The molecule has 0 amide bonds. The molecule has 0 aromatic rings. The maximum atomic E-state index is 10.2. The summed E-state index contributed by atoms with van der Waals surface area (Å²) >= 11 is 0. The molecule has 5 nitrogen and oxygen atoms in total. The highest BCUT2D eigenvalue weighted by atomic mass is 32.2. The van der Waals surface area contributed by atoms with Crippen molar-refractivity contribution in [1.29, 1.82) is 0 Å². The van der Waals surface area contributed by atoms with Crippen molar-refractivity contribution >= 4 is 16.4 Å². The average molecular weight is 161 g/mol. The van der Waals surface area contributed by atoms with Gasteiger partial charge in [-0.05, 0) is 0 Å². The van der Waals surface area contributed by atoms with Crippen molar-refractivity contribution in [3.63, 3.8) is 0 Å². The van der Waals surface area contributed by atoms with Crippen LogP contribution in [-0.2, 0) is 19.3 Å². The minimum absolute atomic E-state index is 0.437. The van der Waals surface area contributed by atoms with E-state index in [9.17, 15) is 13.2 Å². The molecule has 0 rings (SSSR count). The van der Waals surface area contributed by atoms with Gasteiger partial charge in [0.05, 0.1) is 0 Å². The highest BCUT2D eigenvalue weighted by Crippen LogP contribution is 1.90. The summed E-state index contributed by atoms with van der Waals surface area (Å²) in [5.74, 6) is 1.89. The van der Waals surface area contributed by atoms with Crippen molar-refractivity contribution in [2.45, 2.75) is 0 Å². The Morgan fingerprint density at radius 2 is 2.20 bits per heavy atom. The number of terminal acetylenes is 1. The van der Waals surface area contributed by atoms with Crippen LogP contribution in [0.4, 0.5) is 0 Å². The van der Waals surface area contributed by atoms with E-state index in [2.05, 4.69) is 15.0 Å². The Hall–Kier alpha value is -1.15. The predicted molar refractivity (Wildman–Crippen MR) is 31.8 cm³/mol. The Morgan fingerprint density at radius 3 is 2.60 bits per heavy atom. The summed E-state index contributed by atoms with van der Waals surface area (Å²) in [6.45, 7) is -0.437. The Labute approximate surface area is 58.0 Å². The van der Waals surface area contributed by atoms with Gasteiger partial charge in [0.2, 0.25) is 0 Å². The van der Waals surface area contributed by atoms with Gasteiger partial charge in [-0.15, -0.1) is 6.42 Å². The third kappa shape index (κ3) is 3.80. The Kier molecular flexibility index (Phi) is 3.36. The molecule has 0 heterocycles. The molecule has 0 fully saturated rings. The van der Waals surface area contributed by atoms with Gasteiger partial charge in [-0.25, -0.2) is 8.98 Å². The summed E-state index contributed by atoms with van der Waals surface area (Å²) in [4.78, 5) is 9.38. The minimum Gasteiger partial charge on any atom is -0.239 e. The summed E-state index contributed by atoms with van der Waals surface area (Å²) in [7, 11) is -4.13. The van der Waals surface area contributed by atoms with Crippen LogP contribution in [-0.4, -0.2) is 21.1 Å². The van der Waals surface area contributed by atoms with Crippen LogP contribution >= 0.6 is 0 Å². The minimum atomic E-state index is -4.13. The molecular formula is C4H3NO4S. The van der Waals surface area contributed by atoms with E-state index in [0.29, 0.717) is 0 Å². The fourth-order valence-electron chi connectivity index (χ4n) is 0.180. The standard InChI is InChI=1S/C4H3NO4S/c1-2-3-9-10(7,8)5-4-6/h1H,3H2. The third-order valence-corrected chi connectivity index (χ3v) is 1.15. The molecule has 0 spiro atoms. The number of isocyanates is 1. The molecule has 0 radical (unpaired) electrons. The lowest BCUT2D eigenvalue weighted by Gasteiger charge is -1.89. The molecule has 0 saturated carbocycles. The molecule has 0 saturated heterocycles. The smallest absolute Gasteiger partial charge is 0.239 e. The molecule has 0 unspecified atom stereocenters. The molecule has 0 aliphatic carbocycles. The number of nitrogens with zero attached hydrogens (tertiary/aromatic N) is 1. The summed E-state index contributed by atoms with van der Waals surface area (Å²) in [5.41, 5.74) is 0. The van der Waals surface area contributed by atoms with Crippen molar-refractivity contribution in [2.75, 3.05) is 6.61 Å². The van der Waals surface area contributed by atoms with Gasteiger partial charge in [-0.2, -0.15) is 8.42 Å². The van der Waals surface area contributed by atoms with Crippen molar-refractivity contribution in [2.24, 2.45) is 4.40 Å². The number of carbonyl (C=O) groups excluding carboxylic acids is 1. The van der Waals surface area contributed by atoms with Gasteiger partial charge in [0, 0.05) is 0 Å². The molecule has 0 atom stereocenters. The van der Waals surface area contributed by atoms with Crippen molar-refractivity contribution < 1.29 is 17.4 Å². The van der Waals surface area contributed by atoms with E-state index in [1.807, 2.05) is 5.92 Å². The molecule has 0 N–H and O–H groups in total. The van der Waals surface area contributed by atoms with Crippen LogP contribution in [0.1, 0.15) is 0 Å². The zero-order valence-electron chi connectivity index (χ0n) is 4.77. The van der Waals surface area contributed by atoms with E-state index in [1.165, 1.54) is 0 Å². The third-order valence-electron chi connectivity index (χ3n) is 0.440. The molecule has 0 bridgehead atoms. The van der Waals surface area contributed by atoms with Crippen molar-refractivity contribution in [3.05, 3.63) is 0 Å². The van der Waals surface area contributed by atoms with Gasteiger partial charge in [-0.1, -0.05) is 10.3 Å². The first-order valence-electron chi connectivity index (χ1n) is 2.04. The monoisotopic (exact) mass is 161 g/mol. The predicted octanol–water partition coefficient (Wildman–Crippen LogP) is -0.783. The van der Waals surface area contributed by atoms with E-state index in [0.717, 1.165) is 6.08 Å². The number of hydrogen-bond acceptors (Lipinski definition) is 4. The highest BCUT2D eigenvalue weighted by Gasteiger charge is 2.05. The van der Waals surface area contributed by atoms with Gasteiger partial charge in [-0.3, -0.25) is 0 Å². The van der Waals surface area contributed by atoms with Gasteiger partial charge < -0.3 is 0 Å². The maximum Gasteiger partial charge on any atom is 0.392 e. The summed E-state index contributed by atoms with van der Waals surface area (Å²) < 4.78 is 26.8. The second-order valence-electron chi connectivity index (χ2n) is 1.08. The fourth-order valence-corrected chi connectivity index (χ4v) is 0.541. The zero-order chi connectivity index (χ0) is 8.04. The first-order valence-corrected chi connectivity index (χ1v) is 3.41. The first-order chi connectivity index (χ1) is 4.62. The highest BCUT2D eigenvalue weighted by molar-refractivity contribution is 7.85. The van der Waals surface area contributed by atoms with Gasteiger partial charge in [0.25, 0.3) is 6.08 Å². The first kappa shape index (κ1) is 8.85. The van der Waals surface area contributed by atoms with Crippen LogP contribution in [0.15, 0.2) is 4.40 Å². The van der Waals surface area contributed by atoms with E-state index in [4.69, 9.17) is 0 Å². The van der Waals surface area contributed by atoms with E-state index in [1.54, 1.807) is 0 Å². The van der Waals surface area contributed by atoms with E-state index >= 15 is 0 Å². The zero-order valence-corrected chi connectivity index (χ0v) is 5.59. The largest absolute Gasteiger partial charge is 0.392 e. The summed E-state index contributed by atoms with van der Waals surface area (Å²) in [5, 5.41) is 0. The second kappa shape index (κ2) is 3.80. The lowest BCUT2D eigenvalue weighted by molar-refractivity contribution is 0.364. The number of rotatable bonds is 3.